The van der Waals surface area contributed by atoms with Gasteiger partial charge in [-0.15, -0.1) is 0 Å². The van der Waals surface area contributed by atoms with Gasteiger partial charge in [0.1, 0.15) is 0 Å². The van der Waals surface area contributed by atoms with Crippen LogP contribution in [0.1, 0.15) is 12.5 Å². The molecule has 4 nitrogen and oxygen atoms in total. The molecule has 0 fully saturated rings. The van der Waals surface area contributed by atoms with Crippen LogP contribution >= 0.6 is 0 Å². The Morgan fingerprint density at radius 2 is 2.13 bits per heavy atom. The summed E-state index contributed by atoms with van der Waals surface area (Å²) < 4.78 is 0. The lowest BCUT2D eigenvalue weighted by molar-refractivity contribution is 0.316. The van der Waals surface area contributed by atoms with Gasteiger partial charge in [0.15, 0.2) is 5.84 Å². The predicted molar refractivity (Wildman–Crippen MR) is 61.0 cm³/mol. The minimum Gasteiger partial charge on any atom is -0.409 e. The standard InChI is InChI=1S/C11H17N3O/c1-9(13-8-11(12)14-15)7-10-5-3-2-4-6-10/h2-6,9,13,15H,7-8H2,1H3,(H2,12,14). The monoisotopic (exact) mass is 207 g/mol. The molecule has 0 aliphatic heterocycles. The number of oxime groups is 1. The second-order valence-corrected chi connectivity index (χ2v) is 3.56. The van der Waals surface area contributed by atoms with Gasteiger partial charge in [0.2, 0.25) is 0 Å². The van der Waals surface area contributed by atoms with E-state index in [0.717, 1.165) is 6.42 Å². The average molecular weight is 207 g/mol. The van der Waals surface area contributed by atoms with Crippen molar-refractivity contribution in [2.75, 3.05) is 6.54 Å². The molecular formula is C11H17N3O. The number of nitrogens with zero attached hydrogens (tertiary/aromatic N) is 1. The Bertz CT molecular complexity index is 311. The molecule has 0 aromatic heterocycles. The summed E-state index contributed by atoms with van der Waals surface area (Å²) in [4.78, 5) is 0. The summed E-state index contributed by atoms with van der Waals surface area (Å²) in [5, 5.41) is 14.4. The number of benzene rings is 1. The number of rotatable bonds is 5. The van der Waals surface area contributed by atoms with Crippen molar-refractivity contribution in [3.05, 3.63) is 35.9 Å². The van der Waals surface area contributed by atoms with Crippen molar-refractivity contribution in [3.63, 3.8) is 0 Å². The molecule has 0 spiro atoms. The minimum absolute atomic E-state index is 0.204. The van der Waals surface area contributed by atoms with Crippen LogP contribution in [0.25, 0.3) is 0 Å². The lowest BCUT2D eigenvalue weighted by Crippen LogP contribution is -2.36. The highest BCUT2D eigenvalue weighted by atomic mass is 16.4. The molecule has 1 aromatic rings. The number of hydrogen-bond donors (Lipinski definition) is 3. The quantitative estimate of drug-likeness (QED) is 0.291. The van der Waals surface area contributed by atoms with Gasteiger partial charge in [-0.3, -0.25) is 0 Å². The Balaban J connectivity index is 2.33. The summed E-state index contributed by atoms with van der Waals surface area (Å²) in [6.45, 7) is 2.47. The smallest absolute Gasteiger partial charge is 0.153 e. The zero-order valence-corrected chi connectivity index (χ0v) is 8.85. The normalized spacial score (nSPS) is 13.8. The van der Waals surface area contributed by atoms with Gasteiger partial charge in [-0.25, -0.2) is 0 Å². The van der Waals surface area contributed by atoms with E-state index in [1.807, 2.05) is 18.2 Å². The van der Waals surface area contributed by atoms with Crippen molar-refractivity contribution in [2.45, 2.75) is 19.4 Å². The molecule has 0 bridgehead atoms. The first kappa shape index (κ1) is 11.5. The fraction of sp³-hybridized carbons (Fsp3) is 0.364. The van der Waals surface area contributed by atoms with Crippen LogP contribution in [-0.4, -0.2) is 23.6 Å². The van der Waals surface area contributed by atoms with Crippen molar-refractivity contribution >= 4 is 5.84 Å². The van der Waals surface area contributed by atoms with E-state index in [1.54, 1.807) is 0 Å². The third kappa shape index (κ3) is 4.46. The first-order valence-electron chi connectivity index (χ1n) is 4.96. The number of nitrogens with two attached hydrogens (primary N) is 1. The fourth-order valence-electron chi connectivity index (χ4n) is 1.35. The molecule has 0 aliphatic carbocycles. The molecule has 0 saturated carbocycles. The van der Waals surface area contributed by atoms with Crippen LogP contribution in [0.15, 0.2) is 35.5 Å². The first-order chi connectivity index (χ1) is 7.22. The lowest BCUT2D eigenvalue weighted by atomic mass is 10.1. The van der Waals surface area contributed by atoms with Crippen molar-refractivity contribution in [2.24, 2.45) is 10.9 Å². The van der Waals surface area contributed by atoms with Crippen LogP contribution in [0, 0.1) is 0 Å². The molecule has 0 radical (unpaired) electrons. The number of amidine groups is 1. The maximum Gasteiger partial charge on any atom is 0.153 e. The molecule has 0 heterocycles. The molecule has 82 valence electrons. The zero-order chi connectivity index (χ0) is 11.1. The Hall–Kier alpha value is -1.55. The second kappa shape index (κ2) is 6.03. The zero-order valence-electron chi connectivity index (χ0n) is 8.85. The van der Waals surface area contributed by atoms with E-state index in [4.69, 9.17) is 10.9 Å². The van der Waals surface area contributed by atoms with E-state index < -0.39 is 0 Å². The maximum absolute atomic E-state index is 8.36. The third-order valence-corrected chi connectivity index (χ3v) is 2.14. The van der Waals surface area contributed by atoms with Crippen LogP contribution in [0.3, 0.4) is 0 Å². The molecule has 0 saturated heterocycles. The van der Waals surface area contributed by atoms with Gasteiger partial charge in [0.05, 0.1) is 6.54 Å². The van der Waals surface area contributed by atoms with E-state index in [1.165, 1.54) is 5.56 Å². The highest BCUT2D eigenvalue weighted by molar-refractivity contribution is 5.81. The third-order valence-electron chi connectivity index (χ3n) is 2.14. The Labute approximate surface area is 89.8 Å². The van der Waals surface area contributed by atoms with Crippen LogP contribution in [0.2, 0.25) is 0 Å². The summed E-state index contributed by atoms with van der Waals surface area (Å²) in [6.07, 6.45) is 0.930. The average Bonchev–Trinajstić information content (AvgIpc) is 2.27. The molecule has 1 aromatic carbocycles. The van der Waals surface area contributed by atoms with Crippen molar-refractivity contribution in [1.82, 2.24) is 5.32 Å². The fourth-order valence-corrected chi connectivity index (χ4v) is 1.35. The summed E-state index contributed by atoms with van der Waals surface area (Å²) in [5.41, 5.74) is 6.63. The van der Waals surface area contributed by atoms with E-state index in [0.29, 0.717) is 12.6 Å². The van der Waals surface area contributed by atoms with Crippen molar-refractivity contribution < 1.29 is 5.21 Å². The topological polar surface area (TPSA) is 70.6 Å². The van der Waals surface area contributed by atoms with Gasteiger partial charge < -0.3 is 16.3 Å². The predicted octanol–water partition coefficient (Wildman–Crippen LogP) is 0.954. The Morgan fingerprint density at radius 3 is 2.73 bits per heavy atom. The van der Waals surface area contributed by atoms with Crippen molar-refractivity contribution in [1.29, 1.82) is 0 Å². The molecule has 1 atom stereocenters. The SMILES string of the molecule is CC(Cc1ccccc1)NCC(N)=NO. The highest BCUT2D eigenvalue weighted by Gasteiger charge is 2.03. The molecule has 0 amide bonds. The van der Waals surface area contributed by atoms with Gasteiger partial charge in [0.25, 0.3) is 0 Å². The molecular weight excluding hydrogens is 190 g/mol. The van der Waals surface area contributed by atoms with Gasteiger partial charge in [-0.2, -0.15) is 0 Å². The minimum atomic E-state index is 0.204. The highest BCUT2D eigenvalue weighted by Crippen LogP contribution is 2.02. The Morgan fingerprint density at radius 1 is 1.47 bits per heavy atom. The summed E-state index contributed by atoms with van der Waals surface area (Å²) in [5.74, 6) is 0.204. The molecule has 0 aliphatic rings. The van der Waals surface area contributed by atoms with E-state index >= 15 is 0 Å². The van der Waals surface area contributed by atoms with E-state index in [-0.39, 0.29) is 5.84 Å². The summed E-state index contributed by atoms with van der Waals surface area (Å²) in [6, 6.07) is 10.5. The van der Waals surface area contributed by atoms with Crippen molar-refractivity contribution in [3.8, 4) is 0 Å². The van der Waals surface area contributed by atoms with E-state index in [9.17, 15) is 0 Å². The van der Waals surface area contributed by atoms with Crippen LogP contribution < -0.4 is 11.1 Å². The first-order valence-corrected chi connectivity index (χ1v) is 4.96. The van der Waals surface area contributed by atoms with Gasteiger partial charge >= 0.3 is 0 Å². The van der Waals surface area contributed by atoms with Crippen LogP contribution in [0.5, 0.6) is 0 Å². The summed E-state index contributed by atoms with van der Waals surface area (Å²) >= 11 is 0. The second-order valence-electron chi connectivity index (χ2n) is 3.56. The number of nitrogens with one attached hydrogen (secondary N) is 1. The van der Waals surface area contributed by atoms with Gasteiger partial charge in [-0.05, 0) is 18.9 Å². The van der Waals surface area contributed by atoms with Gasteiger partial charge in [-0.1, -0.05) is 35.5 Å². The molecule has 4 heteroatoms. The lowest BCUT2D eigenvalue weighted by Gasteiger charge is -2.12. The van der Waals surface area contributed by atoms with E-state index in [2.05, 4.69) is 29.5 Å². The summed E-state index contributed by atoms with van der Waals surface area (Å²) in [7, 11) is 0. The maximum atomic E-state index is 8.36. The molecule has 4 N–H and O–H groups in total. The largest absolute Gasteiger partial charge is 0.409 e. The Kier molecular flexibility index (Phi) is 4.63. The van der Waals surface area contributed by atoms with Gasteiger partial charge in [0, 0.05) is 6.04 Å². The molecule has 15 heavy (non-hydrogen) atoms. The van der Waals surface area contributed by atoms with Crippen LogP contribution in [0.4, 0.5) is 0 Å². The molecule has 1 unspecified atom stereocenters. The number of hydrogen-bond acceptors (Lipinski definition) is 3. The van der Waals surface area contributed by atoms with Crippen LogP contribution in [-0.2, 0) is 6.42 Å². The molecule has 1 rings (SSSR count).